The average Bonchev–Trinajstić information content (AvgIpc) is 2.18. The maximum Gasteiger partial charge on any atom is 0.0530 e. The van der Waals surface area contributed by atoms with E-state index >= 15 is 0 Å². The van der Waals surface area contributed by atoms with Gasteiger partial charge in [0.25, 0.3) is 0 Å². The van der Waals surface area contributed by atoms with Crippen molar-refractivity contribution in [2.24, 2.45) is 0 Å². The predicted octanol–water partition coefficient (Wildman–Crippen LogP) is 2.57. The lowest BCUT2D eigenvalue weighted by Gasteiger charge is -2.02. The fraction of sp³-hybridized carbons (Fsp3) is 0.455. The molecule has 2 nitrogen and oxygen atoms in total. The third-order valence-electron chi connectivity index (χ3n) is 2.05. The average molecular weight is 211 g/mol. The van der Waals surface area contributed by atoms with Gasteiger partial charge in [-0.25, -0.2) is 0 Å². The number of rotatable bonds is 5. The van der Waals surface area contributed by atoms with Crippen LogP contribution in [0, 0.1) is 0 Å². The minimum absolute atomic E-state index is 0.686. The van der Waals surface area contributed by atoms with Crippen molar-refractivity contribution in [2.45, 2.75) is 31.1 Å². The first-order valence-electron chi connectivity index (χ1n) is 4.98. The van der Waals surface area contributed by atoms with E-state index in [-0.39, 0.29) is 0 Å². The highest BCUT2D eigenvalue weighted by molar-refractivity contribution is 7.85. The summed E-state index contributed by atoms with van der Waals surface area (Å²) in [5, 5.41) is 0. The second-order valence-corrected chi connectivity index (χ2v) is 4.90. The van der Waals surface area contributed by atoms with Crippen molar-refractivity contribution in [3.05, 3.63) is 24.3 Å². The minimum atomic E-state index is -0.875. The van der Waals surface area contributed by atoms with Crippen LogP contribution in [-0.2, 0) is 10.8 Å². The Labute approximate surface area is 88.0 Å². The Morgan fingerprint density at radius 1 is 1.36 bits per heavy atom. The molecule has 1 aromatic rings. The van der Waals surface area contributed by atoms with Crippen LogP contribution in [0.2, 0.25) is 0 Å². The van der Waals surface area contributed by atoms with Crippen LogP contribution >= 0.6 is 0 Å². The molecule has 0 fully saturated rings. The molecule has 0 aromatic heterocycles. The number of anilines is 1. The second kappa shape index (κ2) is 5.81. The van der Waals surface area contributed by atoms with Gasteiger partial charge in [0.15, 0.2) is 0 Å². The van der Waals surface area contributed by atoms with Crippen molar-refractivity contribution in [3.63, 3.8) is 0 Å². The molecule has 2 N–H and O–H groups in total. The van der Waals surface area contributed by atoms with Crippen LogP contribution in [0.3, 0.4) is 0 Å². The molecular formula is C11H17NOS. The zero-order valence-electron chi connectivity index (χ0n) is 8.53. The van der Waals surface area contributed by atoms with Crippen molar-refractivity contribution < 1.29 is 4.21 Å². The van der Waals surface area contributed by atoms with Crippen LogP contribution in [0.1, 0.15) is 26.2 Å². The van der Waals surface area contributed by atoms with Crippen LogP contribution in [0.25, 0.3) is 0 Å². The first-order chi connectivity index (χ1) is 6.74. The standard InChI is InChI=1S/C11H17NOS/c1-2-3-4-8-14(13)11-7-5-6-10(12)9-11/h5-7,9H,2-4,8,12H2,1H3. The van der Waals surface area contributed by atoms with E-state index in [4.69, 9.17) is 5.73 Å². The Morgan fingerprint density at radius 3 is 2.79 bits per heavy atom. The fourth-order valence-electron chi connectivity index (χ4n) is 1.26. The van der Waals surface area contributed by atoms with E-state index in [1.54, 1.807) is 6.07 Å². The molecule has 0 bridgehead atoms. The highest BCUT2D eigenvalue weighted by atomic mass is 32.2. The van der Waals surface area contributed by atoms with E-state index in [9.17, 15) is 4.21 Å². The molecular weight excluding hydrogens is 194 g/mol. The molecule has 0 radical (unpaired) electrons. The van der Waals surface area contributed by atoms with Gasteiger partial charge in [-0.15, -0.1) is 0 Å². The van der Waals surface area contributed by atoms with E-state index < -0.39 is 10.8 Å². The molecule has 3 heteroatoms. The molecule has 78 valence electrons. The van der Waals surface area contributed by atoms with Gasteiger partial charge < -0.3 is 5.73 Å². The highest BCUT2D eigenvalue weighted by Gasteiger charge is 2.02. The lowest BCUT2D eigenvalue weighted by Crippen LogP contribution is -1.98. The molecule has 1 atom stereocenters. The normalized spacial score (nSPS) is 12.6. The summed E-state index contributed by atoms with van der Waals surface area (Å²) in [6.45, 7) is 2.14. The SMILES string of the molecule is CCCCCS(=O)c1cccc(N)c1. The lowest BCUT2D eigenvalue weighted by molar-refractivity contribution is 0.676. The number of hydrogen-bond acceptors (Lipinski definition) is 2. The largest absolute Gasteiger partial charge is 0.399 e. The molecule has 1 unspecified atom stereocenters. The molecule has 0 amide bonds. The second-order valence-electron chi connectivity index (χ2n) is 3.33. The van der Waals surface area contributed by atoms with Gasteiger partial charge >= 0.3 is 0 Å². The van der Waals surface area contributed by atoms with Gasteiger partial charge in [0.2, 0.25) is 0 Å². The van der Waals surface area contributed by atoms with E-state index in [1.807, 2.05) is 18.2 Å². The number of nitrogens with two attached hydrogens (primary N) is 1. The highest BCUT2D eigenvalue weighted by Crippen LogP contribution is 2.12. The van der Waals surface area contributed by atoms with Crippen LogP contribution in [-0.4, -0.2) is 9.96 Å². The van der Waals surface area contributed by atoms with Gasteiger partial charge in [0, 0.05) is 16.3 Å². The van der Waals surface area contributed by atoms with Gasteiger partial charge in [-0.3, -0.25) is 4.21 Å². The van der Waals surface area contributed by atoms with Gasteiger partial charge in [-0.1, -0.05) is 25.8 Å². The first-order valence-corrected chi connectivity index (χ1v) is 6.30. The molecule has 0 aliphatic heterocycles. The van der Waals surface area contributed by atoms with Crippen molar-refractivity contribution in [3.8, 4) is 0 Å². The summed E-state index contributed by atoms with van der Waals surface area (Å²) in [5.74, 6) is 0.747. The number of unbranched alkanes of at least 4 members (excludes halogenated alkanes) is 2. The minimum Gasteiger partial charge on any atom is -0.399 e. The fourth-order valence-corrected chi connectivity index (χ4v) is 2.46. The first kappa shape index (κ1) is 11.2. The molecule has 0 saturated heterocycles. The summed E-state index contributed by atoms with van der Waals surface area (Å²) in [7, 11) is -0.875. The lowest BCUT2D eigenvalue weighted by atomic mass is 10.3. The van der Waals surface area contributed by atoms with Crippen LogP contribution in [0.5, 0.6) is 0 Å². The maximum absolute atomic E-state index is 11.7. The third kappa shape index (κ3) is 3.50. The number of benzene rings is 1. The van der Waals surface area contributed by atoms with Gasteiger partial charge in [-0.2, -0.15) is 0 Å². The molecule has 0 aliphatic rings. The quantitative estimate of drug-likeness (QED) is 0.601. The summed E-state index contributed by atoms with van der Waals surface area (Å²) >= 11 is 0. The third-order valence-corrected chi connectivity index (χ3v) is 3.49. The van der Waals surface area contributed by atoms with Crippen molar-refractivity contribution in [1.29, 1.82) is 0 Å². The Kier molecular flexibility index (Phi) is 4.66. The topological polar surface area (TPSA) is 43.1 Å². The smallest absolute Gasteiger partial charge is 0.0530 e. The number of nitrogen functional groups attached to an aromatic ring is 1. The summed E-state index contributed by atoms with van der Waals surface area (Å²) in [4.78, 5) is 0.848. The van der Waals surface area contributed by atoms with Gasteiger partial charge in [0.1, 0.15) is 0 Å². The van der Waals surface area contributed by atoms with E-state index in [0.29, 0.717) is 5.69 Å². The molecule has 14 heavy (non-hydrogen) atoms. The molecule has 0 heterocycles. The maximum atomic E-state index is 11.7. The van der Waals surface area contributed by atoms with Gasteiger partial charge in [-0.05, 0) is 24.6 Å². The molecule has 0 spiro atoms. The number of hydrogen-bond donors (Lipinski definition) is 1. The molecule has 1 aromatic carbocycles. The van der Waals surface area contributed by atoms with Crippen LogP contribution < -0.4 is 5.73 Å². The zero-order valence-corrected chi connectivity index (χ0v) is 9.35. The Bertz CT molecular complexity index is 312. The molecule has 0 saturated carbocycles. The van der Waals surface area contributed by atoms with Crippen LogP contribution in [0.15, 0.2) is 29.2 Å². The summed E-state index contributed by atoms with van der Waals surface area (Å²) in [6, 6.07) is 7.33. The molecule has 1 rings (SSSR count). The summed E-state index contributed by atoms with van der Waals surface area (Å²) < 4.78 is 11.7. The summed E-state index contributed by atoms with van der Waals surface area (Å²) in [5.41, 5.74) is 6.30. The van der Waals surface area contributed by atoms with E-state index in [1.165, 1.54) is 0 Å². The Morgan fingerprint density at radius 2 is 2.14 bits per heavy atom. The predicted molar refractivity (Wildman–Crippen MR) is 61.7 cm³/mol. The van der Waals surface area contributed by atoms with Crippen LogP contribution in [0.4, 0.5) is 5.69 Å². The molecule has 0 aliphatic carbocycles. The monoisotopic (exact) mass is 211 g/mol. The van der Waals surface area contributed by atoms with Crippen molar-refractivity contribution in [2.75, 3.05) is 11.5 Å². The zero-order chi connectivity index (χ0) is 10.4. The summed E-state index contributed by atoms with van der Waals surface area (Å²) in [6.07, 6.45) is 3.33. The van der Waals surface area contributed by atoms with Crippen molar-refractivity contribution in [1.82, 2.24) is 0 Å². The van der Waals surface area contributed by atoms with E-state index in [2.05, 4.69) is 6.92 Å². The Balaban J connectivity index is 2.52. The van der Waals surface area contributed by atoms with E-state index in [0.717, 1.165) is 29.9 Å². The van der Waals surface area contributed by atoms with Gasteiger partial charge in [0.05, 0.1) is 10.8 Å². The van der Waals surface area contributed by atoms with Crippen molar-refractivity contribution >= 4 is 16.5 Å². The Hall–Kier alpha value is -0.830.